The Labute approximate surface area is 153 Å². The highest BCUT2D eigenvalue weighted by Crippen LogP contribution is 2.34. The van der Waals surface area contributed by atoms with Crippen LogP contribution in [0.3, 0.4) is 0 Å². The number of halogens is 3. The number of nitrogens with zero attached hydrogens (tertiary/aromatic N) is 4. The number of likely N-dealkylation sites (N-methyl/N-ethyl adjacent to an activating group) is 1. The van der Waals surface area contributed by atoms with Crippen molar-refractivity contribution in [3.8, 4) is 11.3 Å². The molecule has 1 aliphatic heterocycles. The molecule has 0 bridgehead atoms. The van der Waals surface area contributed by atoms with Gasteiger partial charge in [-0.1, -0.05) is 0 Å². The molecule has 1 aliphatic rings. The number of pyridine rings is 1. The summed E-state index contributed by atoms with van der Waals surface area (Å²) in [7, 11) is 1.71. The van der Waals surface area contributed by atoms with E-state index in [1.54, 1.807) is 36.6 Å². The van der Waals surface area contributed by atoms with Crippen molar-refractivity contribution in [3.63, 3.8) is 0 Å². The van der Waals surface area contributed by atoms with Crippen LogP contribution in [0.25, 0.3) is 22.4 Å². The van der Waals surface area contributed by atoms with Gasteiger partial charge in [0.15, 0.2) is 5.65 Å². The third-order valence-corrected chi connectivity index (χ3v) is 4.78. The number of hydrogen-bond donors (Lipinski definition) is 2. The van der Waals surface area contributed by atoms with Crippen molar-refractivity contribution < 1.29 is 13.2 Å². The number of anilines is 1. The van der Waals surface area contributed by atoms with E-state index in [4.69, 9.17) is 0 Å². The summed E-state index contributed by atoms with van der Waals surface area (Å²) in [6.07, 6.45) is 0.819. The normalized spacial score (nSPS) is 21.5. The van der Waals surface area contributed by atoms with E-state index in [0.29, 0.717) is 29.3 Å². The van der Waals surface area contributed by atoms with Gasteiger partial charge in [0.25, 0.3) is 0 Å². The van der Waals surface area contributed by atoms with Crippen LogP contribution in [0, 0.1) is 5.92 Å². The molecule has 0 amide bonds. The number of H-pyrrole nitrogens is 1. The van der Waals surface area contributed by atoms with Crippen LogP contribution >= 0.6 is 0 Å². The van der Waals surface area contributed by atoms with Gasteiger partial charge in [-0.3, -0.25) is 0 Å². The summed E-state index contributed by atoms with van der Waals surface area (Å²) < 4.78 is 39.6. The minimum absolute atomic E-state index is 0.0202. The third-order valence-electron chi connectivity index (χ3n) is 4.78. The molecule has 27 heavy (non-hydrogen) atoms. The summed E-state index contributed by atoms with van der Waals surface area (Å²) in [4.78, 5) is 17.9. The SMILES string of the molecule is CN1C[C@H](Nc2ncccc2-c2cnc3[nH]ccc3n2)C[C@H](C(F)(F)F)C1. The molecule has 4 rings (SSSR count). The fourth-order valence-electron chi connectivity index (χ4n) is 3.54. The Kier molecular flexibility index (Phi) is 4.47. The molecule has 1 fully saturated rings. The lowest BCUT2D eigenvalue weighted by atomic mass is 9.94. The van der Waals surface area contributed by atoms with Crippen LogP contribution in [0.15, 0.2) is 36.8 Å². The van der Waals surface area contributed by atoms with Crippen molar-refractivity contribution in [2.45, 2.75) is 18.6 Å². The number of alkyl halides is 3. The summed E-state index contributed by atoms with van der Waals surface area (Å²) in [5, 5.41) is 3.19. The quantitative estimate of drug-likeness (QED) is 0.734. The van der Waals surface area contributed by atoms with Gasteiger partial charge < -0.3 is 15.2 Å². The molecular formula is C18H19F3N6. The number of likely N-dealkylation sites (tertiary alicyclic amines) is 1. The second kappa shape index (κ2) is 6.80. The topological polar surface area (TPSA) is 69.7 Å². The minimum Gasteiger partial charge on any atom is -0.365 e. The van der Waals surface area contributed by atoms with Crippen LogP contribution in [-0.2, 0) is 0 Å². The first-order valence-electron chi connectivity index (χ1n) is 8.67. The van der Waals surface area contributed by atoms with Crippen LogP contribution in [0.5, 0.6) is 0 Å². The maximum atomic E-state index is 13.2. The Morgan fingerprint density at radius 2 is 2.07 bits per heavy atom. The molecule has 142 valence electrons. The first kappa shape index (κ1) is 17.7. The number of nitrogens with one attached hydrogen (secondary N) is 2. The number of hydrogen-bond acceptors (Lipinski definition) is 5. The smallest absolute Gasteiger partial charge is 0.365 e. The summed E-state index contributed by atoms with van der Waals surface area (Å²) >= 11 is 0. The molecule has 2 N–H and O–H groups in total. The van der Waals surface area contributed by atoms with Crippen molar-refractivity contribution in [1.29, 1.82) is 0 Å². The first-order valence-corrected chi connectivity index (χ1v) is 8.67. The van der Waals surface area contributed by atoms with Crippen LogP contribution in [0.4, 0.5) is 19.0 Å². The van der Waals surface area contributed by atoms with E-state index in [1.165, 1.54) is 0 Å². The third kappa shape index (κ3) is 3.73. The van der Waals surface area contributed by atoms with Crippen LogP contribution < -0.4 is 5.32 Å². The monoisotopic (exact) mass is 376 g/mol. The number of aromatic amines is 1. The molecule has 0 unspecified atom stereocenters. The molecule has 0 saturated carbocycles. The van der Waals surface area contributed by atoms with E-state index in [1.807, 2.05) is 12.1 Å². The van der Waals surface area contributed by atoms with E-state index in [-0.39, 0.29) is 19.0 Å². The zero-order valence-corrected chi connectivity index (χ0v) is 14.7. The lowest BCUT2D eigenvalue weighted by Crippen LogP contribution is -2.48. The van der Waals surface area contributed by atoms with Gasteiger partial charge in [-0.15, -0.1) is 0 Å². The van der Waals surface area contributed by atoms with Gasteiger partial charge in [-0.05, 0) is 31.7 Å². The Bertz CT molecular complexity index is 938. The predicted molar refractivity (Wildman–Crippen MR) is 96.2 cm³/mol. The number of rotatable bonds is 3. The second-order valence-electron chi connectivity index (χ2n) is 6.90. The summed E-state index contributed by atoms with van der Waals surface area (Å²) in [5.74, 6) is -0.833. The van der Waals surface area contributed by atoms with Gasteiger partial charge >= 0.3 is 6.18 Å². The Balaban J connectivity index is 1.61. The standard InChI is InChI=1S/C18H19F3N6/c1-27-9-11(18(19,20)21)7-12(10-27)25-16-13(3-2-5-22-16)15-8-24-17-14(26-15)4-6-23-17/h2-6,8,11-12H,7,9-10H2,1H3,(H,22,25)(H,23,24)/t11-,12+/m0/s1. The van der Waals surface area contributed by atoms with Crippen molar-refractivity contribution >= 4 is 17.0 Å². The molecule has 6 nitrogen and oxygen atoms in total. The zero-order valence-electron chi connectivity index (χ0n) is 14.7. The molecular weight excluding hydrogens is 357 g/mol. The van der Waals surface area contributed by atoms with Crippen LogP contribution in [-0.4, -0.2) is 57.2 Å². The molecule has 0 aromatic carbocycles. The average molecular weight is 376 g/mol. The molecule has 0 aliphatic carbocycles. The average Bonchev–Trinajstić information content (AvgIpc) is 3.08. The molecule has 4 heterocycles. The molecule has 0 spiro atoms. The van der Waals surface area contributed by atoms with Gasteiger partial charge in [0.05, 0.1) is 17.8 Å². The highest BCUT2D eigenvalue weighted by molar-refractivity contribution is 5.78. The lowest BCUT2D eigenvalue weighted by Gasteiger charge is -2.37. The summed E-state index contributed by atoms with van der Waals surface area (Å²) in [6, 6.07) is 5.08. The highest BCUT2D eigenvalue weighted by atomic mass is 19.4. The molecule has 2 atom stereocenters. The summed E-state index contributed by atoms with van der Waals surface area (Å²) in [6.45, 7) is 0.539. The summed E-state index contributed by atoms with van der Waals surface area (Å²) in [5.41, 5.74) is 2.73. The van der Waals surface area contributed by atoms with Gasteiger partial charge in [0.2, 0.25) is 0 Å². The lowest BCUT2D eigenvalue weighted by molar-refractivity contribution is -0.186. The van der Waals surface area contributed by atoms with Crippen LogP contribution in [0.2, 0.25) is 0 Å². The molecule has 9 heteroatoms. The second-order valence-corrected chi connectivity index (χ2v) is 6.90. The number of fused-ring (bicyclic) bond motifs is 1. The minimum atomic E-state index is -4.20. The van der Waals surface area contributed by atoms with Gasteiger partial charge in [0, 0.05) is 37.1 Å². The maximum absolute atomic E-state index is 13.2. The van der Waals surface area contributed by atoms with E-state index in [2.05, 4.69) is 25.3 Å². The Morgan fingerprint density at radius 3 is 2.89 bits per heavy atom. The largest absolute Gasteiger partial charge is 0.393 e. The number of piperidine rings is 1. The zero-order chi connectivity index (χ0) is 19.0. The fraction of sp³-hybridized carbons (Fsp3) is 0.389. The Hall–Kier alpha value is -2.68. The van der Waals surface area contributed by atoms with Crippen molar-refractivity contribution in [1.82, 2.24) is 24.8 Å². The van der Waals surface area contributed by atoms with Gasteiger partial charge in [-0.2, -0.15) is 13.2 Å². The Morgan fingerprint density at radius 1 is 1.22 bits per heavy atom. The first-order chi connectivity index (χ1) is 12.9. The van der Waals surface area contributed by atoms with Gasteiger partial charge in [0.1, 0.15) is 11.3 Å². The maximum Gasteiger partial charge on any atom is 0.393 e. The van der Waals surface area contributed by atoms with Crippen molar-refractivity contribution in [2.24, 2.45) is 5.92 Å². The predicted octanol–water partition coefficient (Wildman–Crippen LogP) is 3.31. The van der Waals surface area contributed by atoms with E-state index in [0.717, 1.165) is 5.52 Å². The van der Waals surface area contributed by atoms with E-state index < -0.39 is 12.1 Å². The van der Waals surface area contributed by atoms with Crippen molar-refractivity contribution in [2.75, 3.05) is 25.5 Å². The van der Waals surface area contributed by atoms with E-state index >= 15 is 0 Å². The molecule has 1 saturated heterocycles. The number of aromatic nitrogens is 4. The van der Waals surface area contributed by atoms with Crippen molar-refractivity contribution in [3.05, 3.63) is 36.8 Å². The van der Waals surface area contributed by atoms with E-state index in [9.17, 15) is 13.2 Å². The molecule has 0 radical (unpaired) electrons. The molecule has 3 aromatic heterocycles. The highest BCUT2D eigenvalue weighted by Gasteiger charge is 2.43. The fourth-order valence-corrected chi connectivity index (χ4v) is 3.54. The van der Waals surface area contributed by atoms with Gasteiger partial charge in [-0.25, -0.2) is 15.0 Å². The van der Waals surface area contributed by atoms with Crippen LogP contribution in [0.1, 0.15) is 6.42 Å². The molecule has 3 aromatic rings.